The minimum Gasteiger partial charge on any atom is -0.483 e. The van der Waals surface area contributed by atoms with Crippen molar-refractivity contribution in [2.45, 2.75) is 31.7 Å². The van der Waals surface area contributed by atoms with E-state index in [0.29, 0.717) is 43.9 Å². The number of hydrogen-bond acceptors (Lipinski definition) is 8. The fraction of sp³-hybridized carbons (Fsp3) is 0.214. The molecule has 1 unspecified atom stereocenters. The Kier molecular flexibility index (Phi) is 9.91. The molecule has 2 aromatic heterocycles. The molecule has 0 saturated heterocycles. The molecule has 0 bridgehead atoms. The van der Waals surface area contributed by atoms with E-state index in [9.17, 15) is 9.59 Å². The molecule has 8 nitrogen and oxygen atoms in total. The number of allylic oxidation sites excluding steroid dienone is 1. The first-order chi connectivity index (χ1) is 19.2. The van der Waals surface area contributed by atoms with E-state index < -0.39 is 12.1 Å². The van der Waals surface area contributed by atoms with Gasteiger partial charge in [0.15, 0.2) is 17.1 Å². The molecule has 40 heavy (non-hydrogen) atoms. The van der Waals surface area contributed by atoms with E-state index in [4.69, 9.17) is 32.7 Å². The van der Waals surface area contributed by atoms with Crippen molar-refractivity contribution in [1.82, 2.24) is 14.8 Å². The maximum absolute atomic E-state index is 12.9. The van der Waals surface area contributed by atoms with E-state index in [0.717, 1.165) is 11.1 Å². The molecule has 0 saturated carbocycles. The molecule has 2 aromatic carbocycles. The Morgan fingerprint density at radius 2 is 1.95 bits per heavy atom. The summed E-state index contributed by atoms with van der Waals surface area (Å²) in [6.45, 7) is 8.04. The lowest BCUT2D eigenvalue weighted by atomic mass is 10.0. The number of rotatable bonds is 11. The van der Waals surface area contributed by atoms with Gasteiger partial charge in [0.05, 0.1) is 12.9 Å². The zero-order chi connectivity index (χ0) is 28.8. The van der Waals surface area contributed by atoms with Gasteiger partial charge in [0.2, 0.25) is 5.91 Å². The molecule has 208 valence electrons. The van der Waals surface area contributed by atoms with Crippen LogP contribution in [0.4, 0.5) is 5.00 Å². The predicted molar refractivity (Wildman–Crippen MR) is 161 cm³/mol. The van der Waals surface area contributed by atoms with Crippen LogP contribution >= 0.6 is 46.3 Å². The number of carbonyl (C=O) groups is 2. The predicted octanol–water partition coefficient (Wildman–Crippen LogP) is 7.47. The molecule has 12 heteroatoms. The van der Waals surface area contributed by atoms with Crippen LogP contribution in [0.1, 0.15) is 34.8 Å². The number of esters is 1. The number of benzene rings is 2. The molecule has 0 radical (unpaired) electrons. The summed E-state index contributed by atoms with van der Waals surface area (Å²) in [5.41, 5.74) is 2.62. The summed E-state index contributed by atoms with van der Waals surface area (Å²) in [6.07, 6.45) is 1.30. The molecule has 4 aromatic rings. The van der Waals surface area contributed by atoms with Gasteiger partial charge in [-0.1, -0.05) is 53.2 Å². The van der Waals surface area contributed by atoms with Gasteiger partial charge in [-0.2, -0.15) is 0 Å². The van der Waals surface area contributed by atoms with E-state index in [2.05, 4.69) is 22.1 Å². The number of aryl methyl sites for hydroxylation is 1. The summed E-state index contributed by atoms with van der Waals surface area (Å²) in [5.74, 6) is 0.431. The highest BCUT2D eigenvalue weighted by atomic mass is 35.5. The van der Waals surface area contributed by atoms with E-state index in [1.807, 2.05) is 24.5 Å². The monoisotopic (exact) mass is 616 g/mol. The summed E-state index contributed by atoms with van der Waals surface area (Å²) in [7, 11) is 1.30. The zero-order valence-electron chi connectivity index (χ0n) is 21.9. The molecule has 2 heterocycles. The summed E-state index contributed by atoms with van der Waals surface area (Å²) >= 11 is 14.6. The van der Waals surface area contributed by atoms with E-state index >= 15 is 0 Å². The van der Waals surface area contributed by atoms with Crippen LogP contribution in [0.25, 0.3) is 11.1 Å². The first-order valence-corrected chi connectivity index (χ1v) is 14.7. The highest BCUT2D eigenvalue weighted by Crippen LogP contribution is 2.37. The number of nitrogens with zero attached hydrogens (tertiary/aromatic N) is 3. The van der Waals surface area contributed by atoms with Crippen LogP contribution in [0.2, 0.25) is 10.0 Å². The highest BCUT2D eigenvalue weighted by molar-refractivity contribution is 7.99. The van der Waals surface area contributed by atoms with Gasteiger partial charge in [0, 0.05) is 27.5 Å². The maximum Gasteiger partial charge on any atom is 0.341 e. The Morgan fingerprint density at radius 3 is 2.62 bits per heavy atom. The van der Waals surface area contributed by atoms with Crippen molar-refractivity contribution in [1.29, 1.82) is 0 Å². The Hall–Kier alpha value is -3.31. The Morgan fingerprint density at radius 1 is 1.20 bits per heavy atom. The van der Waals surface area contributed by atoms with Gasteiger partial charge in [-0.3, -0.25) is 9.36 Å². The van der Waals surface area contributed by atoms with Crippen molar-refractivity contribution in [3.05, 3.63) is 87.5 Å². The minimum atomic E-state index is -0.547. The second-order valence-electron chi connectivity index (χ2n) is 8.60. The van der Waals surface area contributed by atoms with Crippen LogP contribution < -0.4 is 10.1 Å². The van der Waals surface area contributed by atoms with Crippen molar-refractivity contribution in [3.8, 4) is 16.9 Å². The number of ether oxygens (including phenoxy) is 2. The number of aromatic nitrogens is 3. The molecule has 0 aliphatic carbocycles. The quantitative estimate of drug-likeness (QED) is 0.106. The fourth-order valence-electron chi connectivity index (χ4n) is 3.84. The third kappa shape index (κ3) is 6.87. The van der Waals surface area contributed by atoms with Gasteiger partial charge >= 0.3 is 5.97 Å². The van der Waals surface area contributed by atoms with Crippen LogP contribution in [0.5, 0.6) is 5.75 Å². The van der Waals surface area contributed by atoms with Crippen molar-refractivity contribution in [2.75, 3.05) is 18.2 Å². The molecular weight excluding hydrogens is 591 g/mol. The van der Waals surface area contributed by atoms with Crippen molar-refractivity contribution in [3.63, 3.8) is 0 Å². The van der Waals surface area contributed by atoms with Crippen molar-refractivity contribution in [2.24, 2.45) is 0 Å². The summed E-state index contributed by atoms with van der Waals surface area (Å²) in [4.78, 5) is 25.6. The normalized spacial score (nSPS) is 11.6. The second-order valence-corrected chi connectivity index (χ2v) is 11.3. The topological polar surface area (TPSA) is 95.3 Å². The number of thiophene rings is 1. The number of amides is 1. The highest BCUT2D eigenvalue weighted by Gasteiger charge is 2.24. The largest absolute Gasteiger partial charge is 0.483 e. The van der Waals surface area contributed by atoms with E-state index in [1.165, 1.54) is 30.2 Å². The van der Waals surface area contributed by atoms with Gasteiger partial charge in [0.1, 0.15) is 16.3 Å². The zero-order valence-corrected chi connectivity index (χ0v) is 25.1. The average Bonchev–Trinajstić information content (AvgIpc) is 3.54. The van der Waals surface area contributed by atoms with Gasteiger partial charge in [-0.25, -0.2) is 4.79 Å². The third-order valence-electron chi connectivity index (χ3n) is 5.78. The molecular formula is C28H26Cl2N4O4S2. The summed E-state index contributed by atoms with van der Waals surface area (Å²) < 4.78 is 12.9. The number of thioether (sulfide) groups is 1. The lowest BCUT2D eigenvalue weighted by Gasteiger charge is -2.16. The number of methoxy groups -OCH3 is 1. The number of anilines is 1. The molecule has 1 atom stereocenters. The fourth-order valence-corrected chi connectivity index (χ4v) is 5.82. The molecule has 1 N–H and O–H groups in total. The average molecular weight is 618 g/mol. The van der Waals surface area contributed by atoms with Crippen LogP contribution in [0.3, 0.4) is 0 Å². The van der Waals surface area contributed by atoms with E-state index in [-0.39, 0.29) is 17.2 Å². The van der Waals surface area contributed by atoms with Crippen molar-refractivity contribution >= 4 is 63.2 Å². The first-order valence-electron chi connectivity index (χ1n) is 12.1. The SMILES string of the molecule is C=CCn1c(SCC(=O)Nc2scc(-c3ccc(Cl)cc3)c2C(=O)OC)nnc1C(C)Oc1ccc(Cl)c(C)c1. The molecule has 0 spiro atoms. The third-order valence-corrected chi connectivity index (χ3v) is 8.32. The second kappa shape index (κ2) is 13.4. The van der Waals surface area contributed by atoms with Gasteiger partial charge < -0.3 is 14.8 Å². The van der Waals surface area contributed by atoms with Crippen LogP contribution in [0, 0.1) is 6.92 Å². The van der Waals surface area contributed by atoms with E-state index in [1.54, 1.807) is 47.9 Å². The molecule has 0 aliphatic rings. The van der Waals surface area contributed by atoms with Crippen LogP contribution in [0.15, 0.2) is 65.7 Å². The molecule has 1 amide bonds. The Balaban J connectivity index is 1.47. The number of nitrogens with one attached hydrogen (secondary N) is 1. The number of halogens is 2. The lowest BCUT2D eigenvalue weighted by molar-refractivity contribution is -0.113. The maximum atomic E-state index is 12.9. The summed E-state index contributed by atoms with van der Waals surface area (Å²) in [6, 6.07) is 12.5. The minimum absolute atomic E-state index is 0.0374. The summed E-state index contributed by atoms with van der Waals surface area (Å²) in [5, 5.41) is 15.4. The standard InChI is InChI=1S/C28H26Cl2N4O4S2/c1-5-12-34-25(17(3)38-20-10-11-22(30)16(2)13-20)32-33-28(34)40-15-23(35)31-26-24(27(36)37-4)21(14-39-26)18-6-8-19(29)9-7-18/h5-11,13-14,17H,1,12,15H2,2-4H3,(H,31,35). The smallest absolute Gasteiger partial charge is 0.341 e. The lowest BCUT2D eigenvalue weighted by Crippen LogP contribution is -2.17. The van der Waals surface area contributed by atoms with Crippen molar-refractivity contribution < 1.29 is 19.1 Å². The molecule has 4 rings (SSSR count). The van der Waals surface area contributed by atoms with Gasteiger partial charge in [-0.15, -0.1) is 28.1 Å². The molecule has 0 fully saturated rings. The Bertz CT molecular complexity index is 1540. The number of carbonyl (C=O) groups excluding carboxylic acids is 2. The van der Waals surface area contributed by atoms with Crippen LogP contribution in [-0.4, -0.2) is 39.5 Å². The first kappa shape index (κ1) is 29.7. The van der Waals surface area contributed by atoms with Crippen LogP contribution in [-0.2, 0) is 16.1 Å². The van der Waals surface area contributed by atoms with Gasteiger partial charge in [0.25, 0.3) is 0 Å². The Labute approximate surface area is 250 Å². The number of hydrogen-bond donors (Lipinski definition) is 1. The van der Waals surface area contributed by atoms with Gasteiger partial charge in [-0.05, 0) is 55.3 Å². The molecule has 0 aliphatic heterocycles.